The molecule has 1 unspecified atom stereocenters. The molecular weight excluding hydrogens is 340 g/mol. The van der Waals surface area contributed by atoms with Crippen molar-refractivity contribution in [1.29, 1.82) is 0 Å². The summed E-state index contributed by atoms with van der Waals surface area (Å²) in [5, 5.41) is 1.47. The zero-order valence-corrected chi connectivity index (χ0v) is 18.8. The van der Waals surface area contributed by atoms with Crippen LogP contribution in [0.25, 0.3) is 0 Å². The summed E-state index contributed by atoms with van der Waals surface area (Å²) in [5.41, 5.74) is 5.15. The number of allylic oxidation sites excluding steroid dienone is 4. The monoisotopic (exact) mass is 367 g/mol. The quantitative estimate of drug-likeness (QED) is 0.465. The van der Waals surface area contributed by atoms with Crippen molar-refractivity contribution in [2.45, 2.75) is 20.8 Å². The van der Waals surface area contributed by atoms with Gasteiger partial charge in [0.05, 0.1) is 0 Å². The van der Waals surface area contributed by atoms with E-state index in [-0.39, 0.29) is 21.7 Å². The van der Waals surface area contributed by atoms with Gasteiger partial charge in [0.1, 0.15) is 0 Å². The van der Waals surface area contributed by atoms with Crippen LogP contribution in [0.3, 0.4) is 0 Å². The Hall–Kier alpha value is -1.41. The Morgan fingerprint density at radius 1 is 0.833 bits per heavy atom. The van der Waals surface area contributed by atoms with E-state index in [1.165, 1.54) is 16.3 Å². The molecule has 0 N–H and O–H groups in total. The molecule has 0 fully saturated rings. The number of benzene rings is 2. The second-order valence-electron chi connectivity index (χ2n) is 5.77. The third kappa shape index (κ3) is 8.45. The molecule has 0 bridgehead atoms. The Balaban J connectivity index is 0.000000327. The normalized spacial score (nSPS) is 15.3. The first-order valence-electron chi connectivity index (χ1n) is 7.93. The van der Waals surface area contributed by atoms with Crippen LogP contribution in [0.15, 0.2) is 77.0 Å². The maximum atomic E-state index is 3.72. The van der Waals surface area contributed by atoms with Crippen LogP contribution in [-0.4, -0.2) is 10.2 Å². The van der Waals surface area contributed by atoms with E-state index in [2.05, 4.69) is 40.7 Å². The van der Waals surface area contributed by atoms with Crippen LogP contribution in [-0.2, 0) is 21.7 Å². The summed E-state index contributed by atoms with van der Waals surface area (Å²) in [6, 6.07) is 19.7. The minimum absolute atomic E-state index is 0. The molecule has 2 aromatic carbocycles. The van der Waals surface area contributed by atoms with E-state index < -0.39 is 0 Å². The molecule has 2 heteroatoms. The maximum Gasteiger partial charge on any atom is 3.00 e. The van der Waals surface area contributed by atoms with Gasteiger partial charge in [-0.3, -0.25) is 6.08 Å². The Morgan fingerprint density at radius 3 is 1.33 bits per heavy atom. The molecule has 3 rings (SSSR count). The van der Waals surface area contributed by atoms with Crippen molar-refractivity contribution in [3.05, 3.63) is 108 Å². The molecule has 1 aliphatic rings. The molecule has 0 spiro atoms. The Kier molecular flexibility index (Phi) is 11.3. The van der Waals surface area contributed by atoms with E-state index in [4.69, 9.17) is 0 Å². The molecule has 0 amide bonds. The van der Waals surface area contributed by atoms with Gasteiger partial charge < -0.3 is 0 Å². The summed E-state index contributed by atoms with van der Waals surface area (Å²) < 4.78 is 0. The average Bonchev–Trinajstić information content (AvgIpc) is 2.76. The van der Waals surface area contributed by atoms with Crippen molar-refractivity contribution in [2.75, 3.05) is 0 Å². The summed E-state index contributed by atoms with van der Waals surface area (Å²) >= 11 is 0. The summed E-state index contributed by atoms with van der Waals surface area (Å²) in [4.78, 5) is 0. The third-order valence-electron chi connectivity index (χ3n) is 3.92. The average molecular weight is 367 g/mol. The van der Waals surface area contributed by atoms with Crippen LogP contribution in [0.1, 0.15) is 31.9 Å². The molecule has 24 heavy (non-hydrogen) atoms. The molecule has 1 aliphatic carbocycles. The molecule has 0 saturated carbocycles. The van der Waals surface area contributed by atoms with Crippen molar-refractivity contribution in [1.82, 2.24) is 0 Å². The van der Waals surface area contributed by atoms with Gasteiger partial charge >= 0.3 is 21.7 Å². The van der Waals surface area contributed by atoms with Crippen LogP contribution in [0.5, 0.6) is 0 Å². The molecule has 1 radical (unpaired) electrons. The van der Waals surface area contributed by atoms with Crippen LogP contribution >= 0.6 is 0 Å². The Morgan fingerprint density at radius 2 is 1.21 bits per heavy atom. The first-order chi connectivity index (χ1) is 10.9. The van der Waals surface area contributed by atoms with Crippen molar-refractivity contribution in [3.8, 4) is 0 Å². The van der Waals surface area contributed by atoms with Crippen molar-refractivity contribution >= 4 is 10.2 Å². The fraction of sp³-hybridized carbons (Fsp3) is 0.182. The molecule has 0 aliphatic heterocycles. The minimum atomic E-state index is 0. The minimum Gasteiger partial charge on any atom is -0.271 e. The molecule has 2 aromatic rings. The van der Waals surface area contributed by atoms with Gasteiger partial charge in [-0.15, -0.1) is 31.2 Å². The topological polar surface area (TPSA) is 0 Å². The van der Waals surface area contributed by atoms with E-state index in [1.807, 2.05) is 60.7 Å². The van der Waals surface area contributed by atoms with Gasteiger partial charge in [0.25, 0.3) is 0 Å². The first-order valence-corrected chi connectivity index (χ1v) is 8.93. The molecule has 0 aromatic heterocycles. The zero-order valence-electron chi connectivity index (χ0n) is 15.3. The molecule has 0 saturated heterocycles. The third-order valence-corrected chi connectivity index (χ3v) is 4.96. The van der Waals surface area contributed by atoms with Crippen molar-refractivity contribution in [2.24, 2.45) is 5.92 Å². The molecular formula is C22H27SiTi. The fourth-order valence-electron chi connectivity index (χ4n) is 2.12. The number of hydrogen-bond donors (Lipinski definition) is 0. The van der Waals surface area contributed by atoms with Crippen LogP contribution in [0, 0.1) is 25.8 Å². The second-order valence-corrected chi connectivity index (χ2v) is 6.77. The summed E-state index contributed by atoms with van der Waals surface area (Å²) in [7, 11) is 1.16. The fourth-order valence-corrected chi connectivity index (χ4v) is 2.95. The SMILES string of the molecule is CC1=C(C)C(C)[C-]=C1[SiH3].[CH2-]c1ccccc1.[CH2-]c1ccccc1.[Ti+3]. The second kappa shape index (κ2) is 12.0. The first kappa shape index (κ1) is 22.6. The largest absolute Gasteiger partial charge is 3.00 e. The summed E-state index contributed by atoms with van der Waals surface area (Å²) in [6.45, 7) is 14.1. The smallest absolute Gasteiger partial charge is 0.271 e. The van der Waals surface area contributed by atoms with Gasteiger partial charge in [-0.25, -0.2) is 10.8 Å². The van der Waals surface area contributed by atoms with Gasteiger partial charge in [0.2, 0.25) is 0 Å². The van der Waals surface area contributed by atoms with E-state index >= 15 is 0 Å². The van der Waals surface area contributed by atoms with Gasteiger partial charge in [0, 0.05) is 0 Å². The van der Waals surface area contributed by atoms with E-state index in [9.17, 15) is 0 Å². The van der Waals surface area contributed by atoms with Crippen LogP contribution in [0.4, 0.5) is 0 Å². The summed E-state index contributed by atoms with van der Waals surface area (Å²) in [6.07, 6.45) is 3.42. The van der Waals surface area contributed by atoms with Gasteiger partial charge in [-0.1, -0.05) is 31.9 Å². The number of hydrogen-bond acceptors (Lipinski definition) is 0. The molecule has 1 atom stereocenters. The van der Waals surface area contributed by atoms with Gasteiger partial charge in [-0.05, 0) is 10.2 Å². The predicted molar refractivity (Wildman–Crippen MR) is 106 cm³/mol. The Labute approximate surface area is 166 Å². The van der Waals surface area contributed by atoms with E-state index in [0.29, 0.717) is 5.92 Å². The Bertz CT molecular complexity index is 605. The van der Waals surface area contributed by atoms with Crippen LogP contribution < -0.4 is 0 Å². The molecule has 0 heterocycles. The van der Waals surface area contributed by atoms with Crippen molar-refractivity contribution in [3.63, 3.8) is 0 Å². The van der Waals surface area contributed by atoms with Gasteiger partial charge in [0.15, 0.2) is 0 Å². The standard InChI is InChI=1S/C8H13Si.2C7H7.Ti/c1-5-4-8(9)7(3)6(5)2;2*1-7-5-3-2-4-6-7;/h5H,1-3,9H3;2*2-6H,1H2;/q3*-1;+3. The van der Waals surface area contributed by atoms with Crippen LogP contribution in [0.2, 0.25) is 0 Å². The van der Waals surface area contributed by atoms with Gasteiger partial charge in [-0.2, -0.15) is 54.8 Å². The maximum absolute atomic E-state index is 3.72. The summed E-state index contributed by atoms with van der Waals surface area (Å²) in [5.74, 6) is 0.595. The zero-order chi connectivity index (χ0) is 17.2. The van der Waals surface area contributed by atoms with Crippen molar-refractivity contribution < 1.29 is 21.7 Å². The van der Waals surface area contributed by atoms with E-state index in [1.54, 1.807) is 0 Å². The predicted octanol–water partition coefficient (Wildman–Crippen LogP) is 4.76. The number of rotatable bonds is 0. The molecule has 123 valence electrons. The molecule has 0 nitrogen and oxygen atoms in total. The van der Waals surface area contributed by atoms with E-state index in [0.717, 1.165) is 21.4 Å².